The first-order chi connectivity index (χ1) is 9.33. The van der Waals surface area contributed by atoms with Gasteiger partial charge in [0.05, 0.1) is 33.7 Å². The fourth-order valence-corrected chi connectivity index (χ4v) is 3.36. The van der Waals surface area contributed by atoms with Crippen LogP contribution in [0.1, 0.15) is 16.3 Å². The maximum atomic E-state index is 11.3. The number of hydrogen-bond donors (Lipinski definition) is 1. The molecule has 108 valence electrons. The van der Waals surface area contributed by atoms with Crippen LogP contribution in [-0.2, 0) is 22.1 Å². The number of rotatable bonds is 5. The number of anilines is 1. The first-order valence-electron chi connectivity index (χ1n) is 5.94. The molecule has 0 aliphatic heterocycles. The summed E-state index contributed by atoms with van der Waals surface area (Å²) >= 11 is 7.70. The van der Waals surface area contributed by atoms with E-state index in [-0.39, 0.29) is 5.75 Å². The van der Waals surface area contributed by atoms with Crippen molar-refractivity contribution in [3.63, 3.8) is 0 Å². The van der Waals surface area contributed by atoms with Crippen molar-refractivity contribution in [2.75, 3.05) is 11.6 Å². The number of aromatic nitrogens is 1. The molecule has 0 unspecified atom stereocenters. The standard InChI is InChI=1S/C13H15ClN2O2S2/c1-9-16-11(7-19-9)6-15-13-5-10(3-4-12(13)14)8-20(2,17)18/h3-5,7,15H,6,8H2,1-2H3. The summed E-state index contributed by atoms with van der Waals surface area (Å²) < 4.78 is 22.6. The molecule has 1 aromatic carbocycles. The lowest BCUT2D eigenvalue weighted by Gasteiger charge is -2.09. The van der Waals surface area contributed by atoms with Crippen LogP contribution in [0.15, 0.2) is 23.6 Å². The molecule has 0 radical (unpaired) electrons. The molecule has 0 fully saturated rings. The number of halogens is 1. The van der Waals surface area contributed by atoms with Gasteiger partial charge in [-0.15, -0.1) is 11.3 Å². The molecule has 7 heteroatoms. The second-order valence-electron chi connectivity index (χ2n) is 4.60. The highest BCUT2D eigenvalue weighted by molar-refractivity contribution is 7.89. The molecule has 2 aromatic rings. The summed E-state index contributed by atoms with van der Waals surface area (Å²) in [5.74, 6) is 0.00859. The molecule has 2 rings (SSSR count). The molecule has 1 N–H and O–H groups in total. The first kappa shape index (κ1) is 15.3. The number of benzene rings is 1. The van der Waals surface area contributed by atoms with Gasteiger partial charge in [0.25, 0.3) is 0 Å². The normalized spacial score (nSPS) is 11.6. The Morgan fingerprint density at radius 2 is 2.15 bits per heavy atom. The lowest BCUT2D eigenvalue weighted by molar-refractivity contribution is 0.601. The van der Waals surface area contributed by atoms with Gasteiger partial charge in [-0.2, -0.15) is 0 Å². The molecule has 20 heavy (non-hydrogen) atoms. The highest BCUT2D eigenvalue weighted by Crippen LogP contribution is 2.24. The average molecular weight is 331 g/mol. The van der Waals surface area contributed by atoms with Crippen molar-refractivity contribution in [3.8, 4) is 0 Å². The number of hydrogen-bond acceptors (Lipinski definition) is 5. The van der Waals surface area contributed by atoms with Crippen molar-refractivity contribution in [3.05, 3.63) is 44.9 Å². The van der Waals surface area contributed by atoms with Gasteiger partial charge in [-0.1, -0.05) is 17.7 Å². The van der Waals surface area contributed by atoms with Crippen molar-refractivity contribution < 1.29 is 8.42 Å². The highest BCUT2D eigenvalue weighted by atomic mass is 35.5. The van der Waals surface area contributed by atoms with Crippen molar-refractivity contribution >= 4 is 38.5 Å². The van der Waals surface area contributed by atoms with Gasteiger partial charge in [0.1, 0.15) is 0 Å². The molecule has 0 aliphatic rings. The smallest absolute Gasteiger partial charge is 0.151 e. The summed E-state index contributed by atoms with van der Waals surface area (Å²) in [5, 5.41) is 6.75. The van der Waals surface area contributed by atoms with Crippen LogP contribution in [0.3, 0.4) is 0 Å². The molecule has 0 spiro atoms. The van der Waals surface area contributed by atoms with E-state index in [0.29, 0.717) is 17.1 Å². The lowest BCUT2D eigenvalue weighted by atomic mass is 10.2. The van der Waals surface area contributed by atoms with Gasteiger partial charge in [-0.25, -0.2) is 13.4 Å². The zero-order valence-corrected chi connectivity index (χ0v) is 13.6. The minimum absolute atomic E-state index is 0.00859. The van der Waals surface area contributed by atoms with Crippen LogP contribution >= 0.6 is 22.9 Å². The van der Waals surface area contributed by atoms with Crippen molar-refractivity contribution in [2.45, 2.75) is 19.2 Å². The van der Waals surface area contributed by atoms with E-state index in [2.05, 4.69) is 10.3 Å². The number of nitrogens with one attached hydrogen (secondary N) is 1. The number of nitrogens with zero attached hydrogens (tertiary/aromatic N) is 1. The Labute approximate surface area is 127 Å². The van der Waals surface area contributed by atoms with E-state index in [4.69, 9.17) is 11.6 Å². The average Bonchev–Trinajstić information content (AvgIpc) is 2.74. The maximum absolute atomic E-state index is 11.3. The molecule has 0 bridgehead atoms. The second-order valence-corrected chi connectivity index (χ2v) is 8.21. The Morgan fingerprint density at radius 3 is 2.75 bits per heavy atom. The summed E-state index contributed by atoms with van der Waals surface area (Å²) in [7, 11) is -3.05. The van der Waals surface area contributed by atoms with Crippen LogP contribution in [0.2, 0.25) is 5.02 Å². The van der Waals surface area contributed by atoms with Crippen LogP contribution in [-0.4, -0.2) is 19.7 Å². The molecule has 0 saturated carbocycles. The Morgan fingerprint density at radius 1 is 1.40 bits per heavy atom. The first-order valence-corrected chi connectivity index (χ1v) is 9.26. The van der Waals surface area contributed by atoms with Crippen LogP contribution in [0.5, 0.6) is 0 Å². The van der Waals surface area contributed by atoms with Gasteiger partial charge in [0, 0.05) is 11.6 Å². The molecule has 4 nitrogen and oxygen atoms in total. The van der Waals surface area contributed by atoms with Gasteiger partial charge < -0.3 is 5.32 Å². The third-order valence-electron chi connectivity index (χ3n) is 2.59. The SMILES string of the molecule is Cc1nc(CNc2cc(CS(C)(=O)=O)ccc2Cl)cs1. The Balaban J connectivity index is 2.12. The molecular weight excluding hydrogens is 316 g/mol. The van der Waals surface area contributed by atoms with Crippen LogP contribution in [0, 0.1) is 6.92 Å². The third-order valence-corrected chi connectivity index (χ3v) is 4.60. The van der Waals surface area contributed by atoms with Crippen molar-refractivity contribution in [2.24, 2.45) is 0 Å². The Hall–Kier alpha value is -1.11. The van der Waals surface area contributed by atoms with Crippen LogP contribution in [0.4, 0.5) is 5.69 Å². The number of thiazole rings is 1. The van der Waals surface area contributed by atoms with E-state index in [1.165, 1.54) is 6.26 Å². The van der Waals surface area contributed by atoms with E-state index in [9.17, 15) is 8.42 Å². The molecule has 0 aliphatic carbocycles. The summed E-state index contributed by atoms with van der Waals surface area (Å²) in [4.78, 5) is 4.35. The zero-order chi connectivity index (χ0) is 14.8. The molecule has 1 aromatic heterocycles. The lowest BCUT2D eigenvalue weighted by Crippen LogP contribution is -2.04. The van der Waals surface area contributed by atoms with Crippen LogP contribution < -0.4 is 5.32 Å². The quantitative estimate of drug-likeness (QED) is 0.914. The fraction of sp³-hybridized carbons (Fsp3) is 0.308. The van der Waals surface area contributed by atoms with Gasteiger partial charge in [0.2, 0.25) is 0 Å². The zero-order valence-electron chi connectivity index (χ0n) is 11.2. The largest absolute Gasteiger partial charge is 0.378 e. The van der Waals surface area contributed by atoms with E-state index < -0.39 is 9.84 Å². The van der Waals surface area contributed by atoms with Crippen molar-refractivity contribution in [1.82, 2.24) is 4.98 Å². The monoisotopic (exact) mass is 330 g/mol. The van der Waals surface area contributed by atoms with E-state index in [0.717, 1.165) is 16.4 Å². The minimum atomic E-state index is -3.05. The van der Waals surface area contributed by atoms with Gasteiger partial charge in [-0.3, -0.25) is 0 Å². The van der Waals surface area contributed by atoms with E-state index in [1.54, 1.807) is 29.5 Å². The second kappa shape index (κ2) is 6.11. The number of sulfone groups is 1. The fourth-order valence-electron chi connectivity index (χ4n) is 1.78. The molecule has 1 heterocycles. The van der Waals surface area contributed by atoms with Gasteiger partial charge in [0.15, 0.2) is 9.84 Å². The maximum Gasteiger partial charge on any atom is 0.151 e. The summed E-state index contributed by atoms with van der Waals surface area (Å²) in [5.41, 5.74) is 2.38. The summed E-state index contributed by atoms with van der Waals surface area (Å²) in [6.07, 6.45) is 1.22. The third kappa shape index (κ3) is 4.47. The van der Waals surface area contributed by atoms with Gasteiger partial charge in [-0.05, 0) is 24.6 Å². The summed E-state index contributed by atoms with van der Waals surface area (Å²) in [6, 6.07) is 5.20. The van der Waals surface area contributed by atoms with E-state index in [1.807, 2.05) is 12.3 Å². The topological polar surface area (TPSA) is 59.1 Å². The molecule has 0 atom stereocenters. The minimum Gasteiger partial charge on any atom is -0.378 e. The summed E-state index contributed by atoms with van der Waals surface area (Å²) in [6.45, 7) is 2.51. The predicted octanol–water partition coefficient (Wildman–Crippen LogP) is 3.26. The molecule has 0 amide bonds. The molecular formula is C13H15ClN2O2S2. The predicted molar refractivity (Wildman–Crippen MR) is 84.2 cm³/mol. The Bertz CT molecular complexity index is 711. The molecule has 0 saturated heterocycles. The van der Waals surface area contributed by atoms with Crippen LogP contribution in [0.25, 0.3) is 0 Å². The van der Waals surface area contributed by atoms with Crippen molar-refractivity contribution in [1.29, 1.82) is 0 Å². The van der Waals surface area contributed by atoms with Gasteiger partial charge >= 0.3 is 0 Å². The Kier molecular flexibility index (Phi) is 4.67. The number of aryl methyl sites for hydroxylation is 1. The van der Waals surface area contributed by atoms with E-state index >= 15 is 0 Å². The highest BCUT2D eigenvalue weighted by Gasteiger charge is 2.08.